The molecule has 1 N–H and O–H groups in total. The van der Waals surface area contributed by atoms with Gasteiger partial charge in [0.25, 0.3) is 5.69 Å². The predicted molar refractivity (Wildman–Crippen MR) is 56.0 cm³/mol. The third-order valence-electron chi connectivity index (χ3n) is 2.19. The molecule has 0 saturated carbocycles. The summed E-state index contributed by atoms with van der Waals surface area (Å²) < 4.78 is 0. The Morgan fingerprint density at radius 1 is 1.40 bits per heavy atom. The molecule has 0 spiro atoms. The van der Waals surface area contributed by atoms with Gasteiger partial charge in [-0.3, -0.25) is 14.9 Å². The summed E-state index contributed by atoms with van der Waals surface area (Å²) in [6.07, 6.45) is 1.41. The van der Waals surface area contributed by atoms with Crippen LogP contribution in [0.5, 0.6) is 0 Å². The SMILES string of the molecule is Cc1cc([N+](=O)[O-])c2[nH]ccc(=O)c2c1. The Labute approximate surface area is 84.5 Å². The van der Waals surface area contributed by atoms with E-state index in [-0.39, 0.29) is 16.6 Å². The summed E-state index contributed by atoms with van der Waals surface area (Å²) in [4.78, 5) is 24.5. The Bertz CT molecular complexity index is 601. The fraction of sp³-hybridized carbons (Fsp3) is 0.100. The second-order valence-corrected chi connectivity index (χ2v) is 3.31. The number of non-ortho nitro benzene ring substituents is 1. The van der Waals surface area contributed by atoms with E-state index in [1.54, 1.807) is 13.0 Å². The Hall–Kier alpha value is -2.17. The molecule has 2 aromatic rings. The lowest BCUT2D eigenvalue weighted by Gasteiger charge is -2.00. The first kappa shape index (κ1) is 9.39. The van der Waals surface area contributed by atoms with E-state index in [1.807, 2.05) is 0 Å². The van der Waals surface area contributed by atoms with Gasteiger partial charge in [0.15, 0.2) is 5.43 Å². The molecule has 1 heterocycles. The number of pyridine rings is 1. The molecule has 0 unspecified atom stereocenters. The zero-order valence-corrected chi connectivity index (χ0v) is 7.98. The van der Waals surface area contributed by atoms with E-state index < -0.39 is 4.92 Å². The second kappa shape index (κ2) is 3.20. The zero-order valence-electron chi connectivity index (χ0n) is 7.98. The molecule has 15 heavy (non-hydrogen) atoms. The number of benzene rings is 1. The number of nitrogens with one attached hydrogen (secondary N) is 1. The molecular weight excluding hydrogens is 196 g/mol. The largest absolute Gasteiger partial charge is 0.355 e. The molecule has 0 saturated heterocycles. The van der Waals surface area contributed by atoms with Crippen LogP contribution in [0.1, 0.15) is 5.56 Å². The lowest BCUT2D eigenvalue weighted by Crippen LogP contribution is -2.02. The number of nitro groups is 1. The highest BCUT2D eigenvalue weighted by atomic mass is 16.6. The molecule has 0 atom stereocenters. The summed E-state index contributed by atoms with van der Waals surface area (Å²) in [6, 6.07) is 4.44. The van der Waals surface area contributed by atoms with Crippen LogP contribution in [0.15, 0.2) is 29.2 Å². The van der Waals surface area contributed by atoms with E-state index >= 15 is 0 Å². The number of hydrogen-bond acceptors (Lipinski definition) is 3. The lowest BCUT2D eigenvalue weighted by molar-refractivity contribution is -0.383. The molecule has 1 aromatic heterocycles. The van der Waals surface area contributed by atoms with Crippen molar-refractivity contribution in [1.82, 2.24) is 4.98 Å². The van der Waals surface area contributed by atoms with E-state index in [0.717, 1.165) is 0 Å². The molecule has 76 valence electrons. The van der Waals surface area contributed by atoms with Crippen LogP contribution in [0.3, 0.4) is 0 Å². The van der Waals surface area contributed by atoms with Crippen molar-refractivity contribution < 1.29 is 4.92 Å². The molecule has 5 nitrogen and oxygen atoms in total. The first-order valence-corrected chi connectivity index (χ1v) is 4.36. The topological polar surface area (TPSA) is 76.0 Å². The maximum Gasteiger partial charge on any atom is 0.293 e. The first-order chi connectivity index (χ1) is 7.09. The molecule has 0 fully saturated rings. The van der Waals surface area contributed by atoms with Crippen molar-refractivity contribution in [2.24, 2.45) is 0 Å². The van der Waals surface area contributed by atoms with Gasteiger partial charge in [0, 0.05) is 18.3 Å². The Balaban J connectivity index is 2.99. The maximum absolute atomic E-state index is 11.5. The van der Waals surface area contributed by atoms with Gasteiger partial charge < -0.3 is 4.98 Å². The van der Waals surface area contributed by atoms with Crippen molar-refractivity contribution in [3.8, 4) is 0 Å². The van der Waals surface area contributed by atoms with E-state index in [4.69, 9.17) is 0 Å². The minimum Gasteiger partial charge on any atom is -0.355 e. The molecule has 0 bridgehead atoms. The van der Waals surface area contributed by atoms with Gasteiger partial charge in [0.1, 0.15) is 5.52 Å². The number of hydrogen-bond donors (Lipinski definition) is 1. The van der Waals surface area contributed by atoms with Crippen molar-refractivity contribution in [2.45, 2.75) is 6.92 Å². The molecule has 5 heteroatoms. The normalized spacial score (nSPS) is 10.5. The number of fused-ring (bicyclic) bond motifs is 1. The Morgan fingerprint density at radius 2 is 2.13 bits per heavy atom. The minimum atomic E-state index is -0.495. The molecule has 0 aliphatic carbocycles. The van der Waals surface area contributed by atoms with Crippen molar-refractivity contribution >= 4 is 16.6 Å². The number of rotatable bonds is 1. The van der Waals surface area contributed by atoms with Gasteiger partial charge >= 0.3 is 0 Å². The Morgan fingerprint density at radius 3 is 2.80 bits per heavy atom. The van der Waals surface area contributed by atoms with Crippen LogP contribution in [-0.4, -0.2) is 9.91 Å². The lowest BCUT2D eigenvalue weighted by atomic mass is 10.1. The number of aromatic amines is 1. The van der Waals surface area contributed by atoms with E-state index in [2.05, 4.69) is 4.98 Å². The van der Waals surface area contributed by atoms with Gasteiger partial charge in [-0.1, -0.05) is 0 Å². The van der Waals surface area contributed by atoms with E-state index in [9.17, 15) is 14.9 Å². The fourth-order valence-electron chi connectivity index (χ4n) is 1.55. The fourth-order valence-corrected chi connectivity index (χ4v) is 1.55. The highest BCUT2D eigenvalue weighted by Crippen LogP contribution is 2.22. The molecule has 0 aliphatic rings. The third kappa shape index (κ3) is 1.48. The number of aryl methyl sites for hydroxylation is 1. The van der Waals surface area contributed by atoms with Crippen molar-refractivity contribution in [1.29, 1.82) is 0 Å². The summed E-state index contributed by atoms with van der Waals surface area (Å²) in [5.74, 6) is 0. The van der Waals surface area contributed by atoms with Crippen LogP contribution >= 0.6 is 0 Å². The van der Waals surface area contributed by atoms with Gasteiger partial charge in [-0.05, 0) is 18.6 Å². The van der Waals surface area contributed by atoms with Gasteiger partial charge in [-0.2, -0.15) is 0 Å². The number of H-pyrrole nitrogens is 1. The van der Waals surface area contributed by atoms with Crippen LogP contribution in [-0.2, 0) is 0 Å². The van der Waals surface area contributed by atoms with E-state index in [0.29, 0.717) is 10.9 Å². The smallest absolute Gasteiger partial charge is 0.293 e. The van der Waals surface area contributed by atoms with E-state index in [1.165, 1.54) is 18.3 Å². The number of nitro benzene ring substituents is 1. The van der Waals surface area contributed by atoms with Crippen molar-refractivity contribution in [3.63, 3.8) is 0 Å². The number of aromatic nitrogens is 1. The van der Waals surface area contributed by atoms with Crippen LogP contribution in [0, 0.1) is 17.0 Å². The summed E-state index contributed by atoms with van der Waals surface area (Å²) in [5.41, 5.74) is 0.697. The zero-order chi connectivity index (χ0) is 11.0. The van der Waals surface area contributed by atoms with Crippen molar-refractivity contribution in [3.05, 3.63) is 50.3 Å². The van der Waals surface area contributed by atoms with Crippen LogP contribution in [0.4, 0.5) is 5.69 Å². The molecule has 1 aromatic carbocycles. The summed E-state index contributed by atoms with van der Waals surface area (Å²) >= 11 is 0. The van der Waals surface area contributed by atoms with Gasteiger partial charge in [-0.25, -0.2) is 0 Å². The highest BCUT2D eigenvalue weighted by Gasteiger charge is 2.14. The number of nitrogens with zero attached hydrogens (tertiary/aromatic N) is 1. The quantitative estimate of drug-likeness (QED) is 0.567. The maximum atomic E-state index is 11.5. The molecule has 0 aliphatic heterocycles. The van der Waals surface area contributed by atoms with Crippen LogP contribution in [0.2, 0.25) is 0 Å². The molecule has 0 amide bonds. The molecule has 0 radical (unpaired) electrons. The Kier molecular flexibility index (Phi) is 2.00. The monoisotopic (exact) mass is 204 g/mol. The summed E-state index contributed by atoms with van der Waals surface area (Å²) in [7, 11) is 0. The summed E-state index contributed by atoms with van der Waals surface area (Å²) in [5, 5.41) is 11.1. The molecule has 2 rings (SSSR count). The van der Waals surface area contributed by atoms with Gasteiger partial charge in [-0.15, -0.1) is 0 Å². The first-order valence-electron chi connectivity index (χ1n) is 4.36. The van der Waals surface area contributed by atoms with Gasteiger partial charge in [0.2, 0.25) is 0 Å². The second-order valence-electron chi connectivity index (χ2n) is 3.31. The van der Waals surface area contributed by atoms with Crippen LogP contribution < -0.4 is 5.43 Å². The third-order valence-corrected chi connectivity index (χ3v) is 2.19. The predicted octanol–water partition coefficient (Wildman–Crippen LogP) is 1.74. The minimum absolute atomic E-state index is 0.0669. The van der Waals surface area contributed by atoms with Crippen LogP contribution in [0.25, 0.3) is 10.9 Å². The standard InChI is InChI=1S/C10H8N2O3/c1-6-4-7-9(13)2-3-11-10(7)8(5-6)12(14)15/h2-5H,1H3,(H,11,13). The average molecular weight is 204 g/mol. The van der Waals surface area contributed by atoms with Gasteiger partial charge in [0.05, 0.1) is 10.3 Å². The summed E-state index contributed by atoms with van der Waals surface area (Å²) in [6.45, 7) is 1.72. The average Bonchev–Trinajstić information content (AvgIpc) is 2.18. The molecular formula is C10H8N2O3. The van der Waals surface area contributed by atoms with Crippen molar-refractivity contribution in [2.75, 3.05) is 0 Å². The highest BCUT2D eigenvalue weighted by molar-refractivity contribution is 5.87.